The molecule has 0 unspecified atom stereocenters. The summed E-state index contributed by atoms with van der Waals surface area (Å²) in [5.41, 5.74) is 0.288. The van der Waals surface area contributed by atoms with Gasteiger partial charge >= 0.3 is 0 Å². The molecule has 0 saturated heterocycles. The van der Waals surface area contributed by atoms with Crippen molar-refractivity contribution < 1.29 is 9.15 Å². The van der Waals surface area contributed by atoms with E-state index in [1.807, 2.05) is 13.0 Å². The number of nitrogens with zero attached hydrogens (tertiary/aromatic N) is 1. The molecule has 0 aliphatic rings. The number of nitrogens with one attached hydrogen (secondary N) is 1. The van der Waals surface area contributed by atoms with E-state index in [1.54, 1.807) is 13.2 Å². The first-order chi connectivity index (χ1) is 8.11. The molecule has 2 aromatic rings. The van der Waals surface area contributed by atoms with Gasteiger partial charge < -0.3 is 14.1 Å². The number of methoxy groups -OCH3 is 1. The lowest BCUT2D eigenvalue weighted by Crippen LogP contribution is -2.13. The average Bonchev–Trinajstić information content (AvgIpc) is 2.71. The van der Waals surface area contributed by atoms with Crippen LogP contribution in [0.15, 0.2) is 25.8 Å². The Balaban J connectivity index is 2.52. The molecule has 17 heavy (non-hydrogen) atoms. The summed E-state index contributed by atoms with van der Waals surface area (Å²) >= 11 is 3.18. The maximum Gasteiger partial charge on any atom is 0.265 e. The Kier molecular flexibility index (Phi) is 3.44. The maximum atomic E-state index is 11.7. The lowest BCUT2D eigenvalue weighted by atomic mass is 10.3. The predicted molar refractivity (Wildman–Crippen MR) is 65.7 cm³/mol. The topological polar surface area (TPSA) is 68.1 Å². The van der Waals surface area contributed by atoms with E-state index in [2.05, 4.69) is 25.9 Å². The fourth-order valence-electron chi connectivity index (χ4n) is 1.42. The molecular weight excluding hydrogens is 288 g/mol. The van der Waals surface area contributed by atoms with Gasteiger partial charge in [0.2, 0.25) is 0 Å². The molecule has 2 aromatic heterocycles. The summed E-state index contributed by atoms with van der Waals surface area (Å²) in [5.74, 6) is 1.70. The van der Waals surface area contributed by atoms with Crippen LogP contribution >= 0.6 is 15.9 Å². The molecule has 2 heterocycles. The van der Waals surface area contributed by atoms with Crippen LogP contribution < -0.4 is 5.56 Å². The number of hydrogen-bond acceptors (Lipinski definition) is 4. The van der Waals surface area contributed by atoms with Gasteiger partial charge in [0.25, 0.3) is 5.56 Å². The summed E-state index contributed by atoms with van der Waals surface area (Å²) in [4.78, 5) is 18.6. The summed E-state index contributed by atoms with van der Waals surface area (Å²) in [6, 6.07) is 3.57. The van der Waals surface area contributed by atoms with E-state index in [9.17, 15) is 4.79 Å². The zero-order valence-corrected chi connectivity index (χ0v) is 11.0. The molecule has 0 aliphatic carbocycles. The second-order valence-corrected chi connectivity index (χ2v) is 4.31. The second-order valence-electron chi connectivity index (χ2n) is 3.52. The molecule has 2 rings (SSSR count). The number of ether oxygens (including phenoxy) is 1. The smallest absolute Gasteiger partial charge is 0.265 e. The van der Waals surface area contributed by atoms with Crippen molar-refractivity contribution in [2.24, 2.45) is 0 Å². The zero-order chi connectivity index (χ0) is 12.4. The van der Waals surface area contributed by atoms with Crippen LogP contribution in [0.2, 0.25) is 0 Å². The SMILES string of the molecule is COCc1nc(-c2ccc(C)o2)[nH]c(=O)c1Br. The number of aromatic nitrogens is 2. The fourth-order valence-corrected chi connectivity index (χ4v) is 1.72. The standard InChI is InChI=1S/C11H11BrN2O3/c1-6-3-4-8(17-6)10-13-7(5-16-2)9(12)11(15)14-10/h3-4H,5H2,1-2H3,(H,13,14,15). The molecule has 0 radical (unpaired) electrons. The van der Waals surface area contributed by atoms with E-state index >= 15 is 0 Å². The highest BCUT2D eigenvalue weighted by atomic mass is 79.9. The molecule has 0 spiro atoms. The highest BCUT2D eigenvalue weighted by molar-refractivity contribution is 9.10. The highest BCUT2D eigenvalue weighted by Gasteiger charge is 2.12. The van der Waals surface area contributed by atoms with E-state index in [0.717, 1.165) is 5.76 Å². The second kappa shape index (κ2) is 4.85. The summed E-state index contributed by atoms with van der Waals surface area (Å²) in [5, 5.41) is 0. The minimum absolute atomic E-state index is 0.254. The molecule has 90 valence electrons. The molecule has 0 aromatic carbocycles. The first kappa shape index (κ1) is 12.1. The Morgan fingerprint density at radius 2 is 2.29 bits per heavy atom. The van der Waals surface area contributed by atoms with Gasteiger partial charge in [-0.1, -0.05) is 0 Å². The monoisotopic (exact) mass is 298 g/mol. The fraction of sp³-hybridized carbons (Fsp3) is 0.273. The molecule has 0 fully saturated rings. The van der Waals surface area contributed by atoms with Crippen LogP contribution in [0.5, 0.6) is 0 Å². The van der Waals surface area contributed by atoms with E-state index in [-0.39, 0.29) is 12.2 Å². The largest absolute Gasteiger partial charge is 0.458 e. The van der Waals surface area contributed by atoms with Crippen LogP contribution in [0, 0.1) is 6.92 Å². The van der Waals surface area contributed by atoms with Crippen molar-refractivity contribution >= 4 is 15.9 Å². The number of furan rings is 1. The highest BCUT2D eigenvalue weighted by Crippen LogP contribution is 2.19. The van der Waals surface area contributed by atoms with Crippen molar-refractivity contribution in [2.45, 2.75) is 13.5 Å². The molecule has 0 atom stereocenters. The van der Waals surface area contributed by atoms with Crippen LogP contribution in [-0.4, -0.2) is 17.1 Å². The number of aromatic amines is 1. The van der Waals surface area contributed by atoms with Crippen LogP contribution in [-0.2, 0) is 11.3 Å². The van der Waals surface area contributed by atoms with Gasteiger partial charge in [0.05, 0.1) is 12.3 Å². The van der Waals surface area contributed by atoms with Crippen molar-refractivity contribution in [1.29, 1.82) is 0 Å². The van der Waals surface area contributed by atoms with Crippen molar-refractivity contribution in [3.63, 3.8) is 0 Å². The lowest BCUT2D eigenvalue weighted by Gasteiger charge is -2.03. The molecule has 0 amide bonds. The quantitative estimate of drug-likeness (QED) is 0.944. The van der Waals surface area contributed by atoms with Gasteiger partial charge in [-0.15, -0.1) is 0 Å². The third-order valence-corrected chi connectivity index (χ3v) is 3.00. The zero-order valence-electron chi connectivity index (χ0n) is 9.41. The number of rotatable bonds is 3. The summed E-state index contributed by atoms with van der Waals surface area (Å²) in [6.45, 7) is 2.09. The van der Waals surface area contributed by atoms with Gasteiger partial charge in [-0.2, -0.15) is 0 Å². The lowest BCUT2D eigenvalue weighted by molar-refractivity contribution is 0.180. The van der Waals surface area contributed by atoms with Gasteiger partial charge in [0.15, 0.2) is 11.6 Å². The van der Waals surface area contributed by atoms with Crippen molar-refractivity contribution in [1.82, 2.24) is 9.97 Å². The summed E-state index contributed by atoms with van der Waals surface area (Å²) in [7, 11) is 1.55. The van der Waals surface area contributed by atoms with Gasteiger partial charge in [-0.05, 0) is 35.0 Å². The molecule has 0 aliphatic heterocycles. The third-order valence-electron chi connectivity index (χ3n) is 2.19. The minimum atomic E-state index is -0.254. The van der Waals surface area contributed by atoms with Crippen molar-refractivity contribution in [3.05, 3.63) is 38.4 Å². The van der Waals surface area contributed by atoms with Crippen LogP contribution in [0.1, 0.15) is 11.5 Å². The molecule has 0 bridgehead atoms. The van der Waals surface area contributed by atoms with Crippen molar-refractivity contribution in [2.75, 3.05) is 7.11 Å². The van der Waals surface area contributed by atoms with Crippen LogP contribution in [0.25, 0.3) is 11.6 Å². The summed E-state index contributed by atoms with van der Waals surface area (Å²) in [6.07, 6.45) is 0. The van der Waals surface area contributed by atoms with Gasteiger partial charge in [-0.3, -0.25) is 4.79 Å². The Morgan fingerprint density at radius 3 is 2.88 bits per heavy atom. The van der Waals surface area contributed by atoms with Crippen molar-refractivity contribution in [3.8, 4) is 11.6 Å². The minimum Gasteiger partial charge on any atom is -0.458 e. The first-order valence-electron chi connectivity index (χ1n) is 4.96. The summed E-state index contributed by atoms with van der Waals surface area (Å²) < 4.78 is 10.8. The van der Waals surface area contributed by atoms with E-state index in [1.165, 1.54) is 0 Å². The van der Waals surface area contributed by atoms with Crippen LogP contribution in [0.3, 0.4) is 0 Å². The maximum absolute atomic E-state index is 11.7. The number of aryl methyl sites for hydroxylation is 1. The normalized spacial score (nSPS) is 10.8. The van der Waals surface area contributed by atoms with Crippen LogP contribution in [0.4, 0.5) is 0 Å². The number of halogens is 1. The molecule has 1 N–H and O–H groups in total. The first-order valence-corrected chi connectivity index (χ1v) is 5.75. The Bertz CT molecular complexity index is 589. The molecule has 6 heteroatoms. The number of hydrogen-bond donors (Lipinski definition) is 1. The Morgan fingerprint density at radius 1 is 1.53 bits per heavy atom. The predicted octanol–water partition coefficient (Wildman–Crippen LogP) is 2.25. The molecule has 5 nitrogen and oxygen atoms in total. The average molecular weight is 299 g/mol. The Hall–Kier alpha value is -1.40. The van der Waals surface area contributed by atoms with Gasteiger partial charge in [-0.25, -0.2) is 4.98 Å². The Labute approximate surface area is 106 Å². The number of H-pyrrole nitrogens is 1. The third kappa shape index (κ3) is 2.48. The molecule has 0 saturated carbocycles. The van der Waals surface area contributed by atoms with Gasteiger partial charge in [0.1, 0.15) is 10.2 Å². The van der Waals surface area contributed by atoms with E-state index < -0.39 is 0 Å². The van der Waals surface area contributed by atoms with E-state index in [0.29, 0.717) is 21.8 Å². The van der Waals surface area contributed by atoms with Gasteiger partial charge in [0, 0.05) is 7.11 Å². The molecular formula is C11H11BrN2O3. The van der Waals surface area contributed by atoms with E-state index in [4.69, 9.17) is 9.15 Å².